The molecule has 106 valence electrons. The number of aromatic carboxylic acids is 1. The topological polar surface area (TPSA) is 63.3 Å². The van der Waals surface area contributed by atoms with Gasteiger partial charge in [-0.1, -0.05) is 18.0 Å². The van der Waals surface area contributed by atoms with Crippen molar-refractivity contribution in [3.63, 3.8) is 0 Å². The van der Waals surface area contributed by atoms with E-state index in [1.165, 1.54) is 6.42 Å². The standard InChI is InChI=1S/C14H18ClNO2.ClH/c15-11-6-7-12(14(17)18)10(8-11)5-4-9-2-1-3-13(9)16;/h6-9,13H,1-5,16H2,(H,17,18);1H. The summed E-state index contributed by atoms with van der Waals surface area (Å²) in [6, 6.07) is 5.23. The Morgan fingerprint density at radius 2 is 2.16 bits per heavy atom. The fourth-order valence-corrected chi connectivity index (χ4v) is 2.94. The maximum Gasteiger partial charge on any atom is 0.335 e. The van der Waals surface area contributed by atoms with E-state index >= 15 is 0 Å². The molecule has 5 heteroatoms. The van der Waals surface area contributed by atoms with E-state index < -0.39 is 5.97 Å². The van der Waals surface area contributed by atoms with Crippen LogP contribution in [0.2, 0.25) is 5.02 Å². The van der Waals surface area contributed by atoms with Crippen molar-refractivity contribution >= 4 is 30.0 Å². The first-order valence-electron chi connectivity index (χ1n) is 6.35. The van der Waals surface area contributed by atoms with Gasteiger partial charge in [-0.2, -0.15) is 0 Å². The van der Waals surface area contributed by atoms with Crippen molar-refractivity contribution in [1.82, 2.24) is 0 Å². The predicted octanol–water partition coefficient (Wildman–Crippen LogP) is 3.52. The van der Waals surface area contributed by atoms with Crippen LogP contribution in [0.5, 0.6) is 0 Å². The smallest absolute Gasteiger partial charge is 0.335 e. The average Bonchev–Trinajstić information content (AvgIpc) is 2.72. The molecule has 0 radical (unpaired) electrons. The highest BCUT2D eigenvalue weighted by Gasteiger charge is 2.24. The zero-order valence-corrected chi connectivity index (χ0v) is 12.2. The molecule has 1 fully saturated rings. The summed E-state index contributed by atoms with van der Waals surface area (Å²) in [7, 11) is 0. The average molecular weight is 304 g/mol. The molecule has 0 saturated heterocycles. The first-order valence-corrected chi connectivity index (χ1v) is 6.73. The second-order valence-electron chi connectivity index (χ2n) is 5.00. The molecule has 2 unspecified atom stereocenters. The Morgan fingerprint density at radius 3 is 2.74 bits per heavy atom. The molecule has 1 saturated carbocycles. The van der Waals surface area contributed by atoms with Gasteiger partial charge in [0.1, 0.15) is 0 Å². The van der Waals surface area contributed by atoms with E-state index in [0.717, 1.165) is 31.2 Å². The van der Waals surface area contributed by atoms with Gasteiger partial charge in [0.25, 0.3) is 0 Å². The summed E-state index contributed by atoms with van der Waals surface area (Å²) in [5, 5.41) is 9.72. The van der Waals surface area contributed by atoms with Gasteiger partial charge in [-0.05, 0) is 55.4 Å². The Labute approximate surface area is 124 Å². The number of halogens is 2. The molecule has 0 spiro atoms. The molecule has 1 aromatic rings. The molecule has 19 heavy (non-hydrogen) atoms. The summed E-state index contributed by atoms with van der Waals surface area (Å²) in [5.41, 5.74) is 7.20. The fourth-order valence-electron chi connectivity index (χ4n) is 2.74. The van der Waals surface area contributed by atoms with Crippen molar-refractivity contribution in [2.24, 2.45) is 11.7 Å². The van der Waals surface area contributed by atoms with Crippen LogP contribution >= 0.6 is 24.0 Å². The number of rotatable bonds is 4. The lowest BCUT2D eigenvalue weighted by atomic mass is 9.93. The zero-order valence-electron chi connectivity index (χ0n) is 10.6. The van der Waals surface area contributed by atoms with Crippen molar-refractivity contribution < 1.29 is 9.90 Å². The molecule has 1 aliphatic carbocycles. The van der Waals surface area contributed by atoms with Gasteiger partial charge in [0, 0.05) is 11.1 Å². The number of carbonyl (C=O) groups is 1. The van der Waals surface area contributed by atoms with Crippen LogP contribution in [0.1, 0.15) is 41.6 Å². The Balaban J connectivity index is 0.00000180. The Hall–Kier alpha value is -0.770. The molecule has 0 amide bonds. The Kier molecular flexibility index (Phi) is 6.11. The lowest BCUT2D eigenvalue weighted by Crippen LogP contribution is -2.24. The summed E-state index contributed by atoms with van der Waals surface area (Å²) >= 11 is 5.93. The number of hydrogen-bond donors (Lipinski definition) is 2. The molecular formula is C14H19Cl2NO2. The van der Waals surface area contributed by atoms with E-state index in [4.69, 9.17) is 22.4 Å². The first kappa shape index (κ1) is 16.3. The second kappa shape index (κ2) is 7.13. The molecule has 0 aliphatic heterocycles. The minimum atomic E-state index is -0.891. The lowest BCUT2D eigenvalue weighted by Gasteiger charge is -2.15. The van der Waals surface area contributed by atoms with Crippen molar-refractivity contribution in [1.29, 1.82) is 0 Å². The highest BCUT2D eigenvalue weighted by molar-refractivity contribution is 6.30. The Bertz CT molecular complexity index is 451. The molecule has 1 aliphatic rings. The number of benzene rings is 1. The second-order valence-corrected chi connectivity index (χ2v) is 5.44. The maximum absolute atomic E-state index is 11.1. The summed E-state index contributed by atoms with van der Waals surface area (Å²) in [6.07, 6.45) is 5.12. The normalized spacial score (nSPS) is 22.0. The van der Waals surface area contributed by atoms with Crippen LogP contribution in [0.25, 0.3) is 0 Å². The molecule has 3 nitrogen and oxygen atoms in total. The summed E-state index contributed by atoms with van der Waals surface area (Å²) in [6.45, 7) is 0. The largest absolute Gasteiger partial charge is 0.478 e. The third-order valence-electron chi connectivity index (χ3n) is 3.80. The van der Waals surface area contributed by atoms with Crippen LogP contribution in [-0.4, -0.2) is 17.1 Å². The van der Waals surface area contributed by atoms with E-state index in [2.05, 4.69) is 0 Å². The maximum atomic E-state index is 11.1. The van der Waals surface area contributed by atoms with Crippen molar-refractivity contribution in [2.75, 3.05) is 0 Å². The minimum absolute atomic E-state index is 0. The SMILES string of the molecule is Cl.NC1CCCC1CCc1cc(Cl)ccc1C(=O)O. The molecule has 2 atom stereocenters. The van der Waals surface area contributed by atoms with E-state index in [-0.39, 0.29) is 18.4 Å². The van der Waals surface area contributed by atoms with Crippen LogP contribution in [0, 0.1) is 5.92 Å². The summed E-state index contributed by atoms with van der Waals surface area (Å²) < 4.78 is 0. The molecule has 0 heterocycles. The Morgan fingerprint density at radius 1 is 1.42 bits per heavy atom. The van der Waals surface area contributed by atoms with Crippen molar-refractivity contribution in [2.45, 2.75) is 38.1 Å². The molecule has 0 bridgehead atoms. The van der Waals surface area contributed by atoms with Crippen LogP contribution < -0.4 is 5.73 Å². The van der Waals surface area contributed by atoms with Gasteiger partial charge in [-0.3, -0.25) is 0 Å². The van der Waals surface area contributed by atoms with Crippen LogP contribution in [0.15, 0.2) is 18.2 Å². The highest BCUT2D eigenvalue weighted by Crippen LogP contribution is 2.29. The quantitative estimate of drug-likeness (QED) is 0.894. The number of carboxylic acid groups (broad SMARTS) is 1. The van der Waals surface area contributed by atoms with Gasteiger partial charge in [0.2, 0.25) is 0 Å². The van der Waals surface area contributed by atoms with Gasteiger partial charge >= 0.3 is 5.97 Å². The van der Waals surface area contributed by atoms with Gasteiger partial charge in [-0.25, -0.2) is 4.79 Å². The van der Waals surface area contributed by atoms with Crippen molar-refractivity contribution in [3.8, 4) is 0 Å². The number of nitrogens with two attached hydrogens (primary N) is 1. The van der Waals surface area contributed by atoms with Gasteiger partial charge < -0.3 is 10.8 Å². The van der Waals surface area contributed by atoms with Crippen LogP contribution in [0.4, 0.5) is 0 Å². The number of carboxylic acids is 1. The fraction of sp³-hybridized carbons (Fsp3) is 0.500. The van der Waals surface area contributed by atoms with Crippen LogP contribution in [0.3, 0.4) is 0 Å². The molecule has 1 aromatic carbocycles. The van der Waals surface area contributed by atoms with E-state index in [1.807, 2.05) is 0 Å². The van der Waals surface area contributed by atoms with Gasteiger partial charge in [0.05, 0.1) is 5.56 Å². The van der Waals surface area contributed by atoms with E-state index in [1.54, 1.807) is 18.2 Å². The first-order chi connectivity index (χ1) is 8.58. The molecule has 3 N–H and O–H groups in total. The number of aryl methyl sites for hydroxylation is 1. The third-order valence-corrected chi connectivity index (χ3v) is 4.04. The zero-order chi connectivity index (χ0) is 13.1. The molecular weight excluding hydrogens is 285 g/mol. The minimum Gasteiger partial charge on any atom is -0.478 e. The van der Waals surface area contributed by atoms with E-state index in [9.17, 15) is 4.79 Å². The van der Waals surface area contributed by atoms with E-state index in [0.29, 0.717) is 16.5 Å². The monoisotopic (exact) mass is 303 g/mol. The molecule has 0 aromatic heterocycles. The highest BCUT2D eigenvalue weighted by atomic mass is 35.5. The predicted molar refractivity (Wildman–Crippen MR) is 79.3 cm³/mol. The third kappa shape index (κ3) is 4.10. The summed E-state index contributed by atoms with van der Waals surface area (Å²) in [5.74, 6) is -0.372. The van der Waals surface area contributed by atoms with Gasteiger partial charge in [0.15, 0.2) is 0 Å². The van der Waals surface area contributed by atoms with Crippen LogP contribution in [-0.2, 0) is 6.42 Å². The van der Waals surface area contributed by atoms with Crippen molar-refractivity contribution in [3.05, 3.63) is 34.3 Å². The van der Waals surface area contributed by atoms with Gasteiger partial charge in [-0.15, -0.1) is 12.4 Å². The summed E-state index contributed by atoms with van der Waals surface area (Å²) in [4.78, 5) is 11.1. The molecule has 2 rings (SSSR count). The number of hydrogen-bond acceptors (Lipinski definition) is 2. The lowest BCUT2D eigenvalue weighted by molar-refractivity contribution is 0.0695.